The number of hydrogen-bond donors (Lipinski definition) is 2. The van der Waals surface area contributed by atoms with Crippen molar-refractivity contribution in [3.8, 4) is 0 Å². The summed E-state index contributed by atoms with van der Waals surface area (Å²) in [7, 11) is 0. The molecule has 0 unspecified atom stereocenters. The third-order valence-corrected chi connectivity index (χ3v) is 1.47. The average Bonchev–Trinajstić information content (AvgIpc) is 1.92. The lowest BCUT2D eigenvalue weighted by molar-refractivity contribution is -0.152. The summed E-state index contributed by atoms with van der Waals surface area (Å²) in [5, 5.41) is 17.9. The van der Waals surface area contributed by atoms with Crippen molar-refractivity contribution in [1.82, 2.24) is 0 Å². The fourth-order valence-electron chi connectivity index (χ4n) is 0.791. The van der Waals surface area contributed by atoms with E-state index in [-0.39, 0.29) is 5.56 Å². The molecular formula is C8H8F2O2. The van der Waals surface area contributed by atoms with Gasteiger partial charge in [-0.3, -0.25) is 0 Å². The lowest BCUT2D eigenvalue weighted by Crippen LogP contribution is -2.19. The van der Waals surface area contributed by atoms with Crippen LogP contribution >= 0.6 is 0 Å². The van der Waals surface area contributed by atoms with E-state index in [1.807, 2.05) is 0 Å². The van der Waals surface area contributed by atoms with Gasteiger partial charge in [0.25, 0.3) is 0 Å². The number of rotatable bonds is 1. The van der Waals surface area contributed by atoms with Gasteiger partial charge in [-0.25, -0.2) is 8.78 Å². The Bertz CT molecular complexity index is 292. The number of benzene rings is 1. The highest BCUT2D eigenvalue weighted by molar-refractivity contribution is 5.21. The lowest BCUT2D eigenvalue weighted by Gasteiger charge is -2.15. The van der Waals surface area contributed by atoms with Crippen molar-refractivity contribution >= 4 is 0 Å². The van der Waals surface area contributed by atoms with Crippen LogP contribution in [0.25, 0.3) is 0 Å². The summed E-state index contributed by atoms with van der Waals surface area (Å²) < 4.78 is 24.9. The summed E-state index contributed by atoms with van der Waals surface area (Å²) in [6.45, 7) is 1.07. The van der Waals surface area contributed by atoms with Gasteiger partial charge in [0.15, 0.2) is 17.4 Å². The Labute approximate surface area is 68.1 Å². The topological polar surface area (TPSA) is 40.5 Å². The molecule has 0 spiro atoms. The molecule has 0 atom stereocenters. The van der Waals surface area contributed by atoms with Gasteiger partial charge in [0.2, 0.25) is 0 Å². The Hall–Kier alpha value is -1.00. The molecule has 0 heterocycles. The minimum Gasteiger partial charge on any atom is -0.362 e. The third kappa shape index (κ3) is 1.78. The standard InChI is InChI=1S/C8H8F2O2/c1-8(11,12)5-2-3-6(9)7(10)4-5/h2-4,11-12H,1H3. The second-order valence-corrected chi connectivity index (χ2v) is 2.65. The van der Waals surface area contributed by atoms with E-state index in [1.54, 1.807) is 0 Å². The van der Waals surface area contributed by atoms with Crippen LogP contribution in [-0.2, 0) is 5.79 Å². The first-order valence-electron chi connectivity index (χ1n) is 3.31. The van der Waals surface area contributed by atoms with Gasteiger partial charge in [0.05, 0.1) is 0 Å². The predicted molar refractivity (Wildman–Crippen MR) is 38.1 cm³/mol. The predicted octanol–water partition coefficient (Wildman–Crippen LogP) is 1.12. The van der Waals surface area contributed by atoms with Crippen molar-refractivity contribution in [1.29, 1.82) is 0 Å². The van der Waals surface area contributed by atoms with E-state index < -0.39 is 17.4 Å². The summed E-state index contributed by atoms with van der Waals surface area (Å²) in [4.78, 5) is 0. The highest BCUT2D eigenvalue weighted by Gasteiger charge is 2.19. The van der Waals surface area contributed by atoms with Gasteiger partial charge in [0, 0.05) is 5.56 Å². The molecule has 1 aromatic rings. The van der Waals surface area contributed by atoms with Crippen LogP contribution in [0.3, 0.4) is 0 Å². The Morgan fingerprint density at radius 2 is 1.75 bits per heavy atom. The zero-order valence-corrected chi connectivity index (χ0v) is 6.38. The average molecular weight is 174 g/mol. The monoisotopic (exact) mass is 174 g/mol. The van der Waals surface area contributed by atoms with Gasteiger partial charge in [0.1, 0.15) is 0 Å². The van der Waals surface area contributed by atoms with E-state index in [2.05, 4.69) is 0 Å². The van der Waals surface area contributed by atoms with E-state index >= 15 is 0 Å². The molecule has 0 saturated heterocycles. The Kier molecular flexibility index (Phi) is 2.12. The second-order valence-electron chi connectivity index (χ2n) is 2.65. The first-order valence-corrected chi connectivity index (χ1v) is 3.31. The smallest absolute Gasteiger partial charge is 0.186 e. The molecule has 0 aliphatic heterocycles. The minimum absolute atomic E-state index is 0.0820. The van der Waals surface area contributed by atoms with E-state index in [0.29, 0.717) is 0 Å². The summed E-state index contributed by atoms with van der Waals surface area (Å²) in [5.74, 6) is -4.24. The van der Waals surface area contributed by atoms with Crippen molar-refractivity contribution in [2.45, 2.75) is 12.7 Å². The SMILES string of the molecule is CC(O)(O)c1ccc(F)c(F)c1. The number of hydrogen-bond acceptors (Lipinski definition) is 2. The Morgan fingerprint density at radius 3 is 2.17 bits per heavy atom. The zero-order valence-electron chi connectivity index (χ0n) is 6.38. The summed E-state index contributed by atoms with van der Waals surface area (Å²) >= 11 is 0. The highest BCUT2D eigenvalue weighted by atomic mass is 19.2. The van der Waals surface area contributed by atoms with Crippen molar-refractivity contribution in [2.75, 3.05) is 0 Å². The normalized spacial score (nSPS) is 11.8. The fourth-order valence-corrected chi connectivity index (χ4v) is 0.791. The maximum absolute atomic E-state index is 12.5. The van der Waals surface area contributed by atoms with Crippen LogP contribution in [0.15, 0.2) is 18.2 Å². The van der Waals surface area contributed by atoms with Crippen LogP contribution in [-0.4, -0.2) is 10.2 Å². The molecule has 0 aliphatic rings. The van der Waals surface area contributed by atoms with Gasteiger partial charge in [-0.2, -0.15) is 0 Å². The van der Waals surface area contributed by atoms with Crippen LogP contribution in [0.4, 0.5) is 8.78 Å². The third-order valence-electron chi connectivity index (χ3n) is 1.47. The lowest BCUT2D eigenvalue weighted by atomic mass is 10.1. The van der Waals surface area contributed by atoms with Crippen molar-refractivity contribution in [3.05, 3.63) is 35.4 Å². The summed E-state index contributed by atoms with van der Waals surface area (Å²) in [5.41, 5.74) is -0.0820. The van der Waals surface area contributed by atoms with Crippen molar-refractivity contribution < 1.29 is 19.0 Å². The van der Waals surface area contributed by atoms with E-state index in [9.17, 15) is 8.78 Å². The van der Waals surface area contributed by atoms with E-state index in [0.717, 1.165) is 25.1 Å². The molecule has 12 heavy (non-hydrogen) atoms. The molecule has 66 valence electrons. The van der Waals surface area contributed by atoms with Gasteiger partial charge in [-0.1, -0.05) is 6.07 Å². The molecule has 2 nitrogen and oxygen atoms in total. The molecule has 0 saturated carbocycles. The van der Waals surface area contributed by atoms with Crippen LogP contribution in [0, 0.1) is 11.6 Å². The first-order chi connectivity index (χ1) is 5.41. The van der Waals surface area contributed by atoms with Crippen LogP contribution < -0.4 is 0 Å². The van der Waals surface area contributed by atoms with Crippen LogP contribution in [0.1, 0.15) is 12.5 Å². The maximum Gasteiger partial charge on any atom is 0.186 e. The van der Waals surface area contributed by atoms with Crippen molar-refractivity contribution in [2.24, 2.45) is 0 Å². The maximum atomic E-state index is 12.5. The molecule has 4 heteroatoms. The quantitative estimate of drug-likeness (QED) is 0.626. The first kappa shape index (κ1) is 9.09. The molecule has 1 aromatic carbocycles. The van der Waals surface area contributed by atoms with Crippen LogP contribution in [0.2, 0.25) is 0 Å². The largest absolute Gasteiger partial charge is 0.362 e. The second kappa shape index (κ2) is 2.80. The minimum atomic E-state index is -2.13. The van der Waals surface area contributed by atoms with Gasteiger partial charge in [-0.05, 0) is 19.1 Å². The van der Waals surface area contributed by atoms with Gasteiger partial charge < -0.3 is 10.2 Å². The molecule has 2 N–H and O–H groups in total. The molecule has 0 radical (unpaired) electrons. The van der Waals surface area contributed by atoms with E-state index in [4.69, 9.17) is 10.2 Å². The zero-order chi connectivity index (χ0) is 9.35. The highest BCUT2D eigenvalue weighted by Crippen LogP contribution is 2.18. The molecule has 0 amide bonds. The molecule has 0 fully saturated rings. The fraction of sp³-hybridized carbons (Fsp3) is 0.250. The summed E-state index contributed by atoms with van der Waals surface area (Å²) in [6, 6.07) is 2.70. The molecule has 0 aromatic heterocycles. The molecule has 1 rings (SSSR count). The Balaban J connectivity index is 3.14. The van der Waals surface area contributed by atoms with Crippen molar-refractivity contribution in [3.63, 3.8) is 0 Å². The number of aliphatic hydroxyl groups is 2. The Morgan fingerprint density at radius 1 is 1.17 bits per heavy atom. The van der Waals surface area contributed by atoms with Crippen LogP contribution in [0.5, 0.6) is 0 Å². The molecular weight excluding hydrogens is 166 g/mol. The van der Waals surface area contributed by atoms with Gasteiger partial charge in [-0.15, -0.1) is 0 Å². The van der Waals surface area contributed by atoms with Gasteiger partial charge >= 0.3 is 0 Å². The van der Waals surface area contributed by atoms with E-state index in [1.165, 1.54) is 0 Å². The molecule has 0 aliphatic carbocycles. The molecule has 0 bridgehead atoms. The summed E-state index contributed by atoms with van der Waals surface area (Å²) in [6.07, 6.45) is 0. The number of halogens is 2.